The summed E-state index contributed by atoms with van der Waals surface area (Å²) in [5, 5.41) is 10.7. The number of non-ortho nitro benzene ring substituents is 1. The summed E-state index contributed by atoms with van der Waals surface area (Å²) in [6.07, 6.45) is 0. The van der Waals surface area contributed by atoms with Crippen molar-refractivity contribution in [2.24, 2.45) is 0 Å². The molecule has 0 radical (unpaired) electrons. The van der Waals surface area contributed by atoms with E-state index in [1.54, 1.807) is 13.0 Å². The second-order valence-corrected chi connectivity index (χ2v) is 6.08. The molecular weight excluding hydrogens is 266 g/mol. The lowest BCUT2D eigenvalue weighted by Crippen LogP contribution is -2.10. The van der Waals surface area contributed by atoms with Crippen molar-refractivity contribution in [3.05, 3.63) is 63.7 Å². The van der Waals surface area contributed by atoms with E-state index in [0.717, 1.165) is 11.3 Å². The van der Waals surface area contributed by atoms with Crippen LogP contribution in [-0.2, 0) is 5.41 Å². The third-order valence-electron chi connectivity index (χ3n) is 3.32. The minimum absolute atomic E-state index is 0.0722. The molecule has 0 aliphatic carbocycles. The van der Waals surface area contributed by atoms with E-state index in [1.807, 2.05) is 24.3 Å². The van der Waals surface area contributed by atoms with E-state index >= 15 is 0 Å². The molecule has 4 nitrogen and oxygen atoms in total. The normalized spacial score (nSPS) is 11.2. The SMILES string of the molecule is Cc1cc([N+](=O)[O-])ccc1Oc1ccc(C(C)(C)C)cc1. The molecule has 2 rings (SSSR count). The summed E-state index contributed by atoms with van der Waals surface area (Å²) in [6.45, 7) is 8.27. The quantitative estimate of drug-likeness (QED) is 0.589. The Hall–Kier alpha value is -2.36. The van der Waals surface area contributed by atoms with Crippen LogP contribution in [0, 0.1) is 17.0 Å². The minimum atomic E-state index is -0.408. The van der Waals surface area contributed by atoms with Gasteiger partial charge in [-0.1, -0.05) is 32.9 Å². The molecule has 0 amide bonds. The predicted octanol–water partition coefficient (Wildman–Crippen LogP) is 4.99. The lowest BCUT2D eigenvalue weighted by atomic mass is 9.87. The van der Waals surface area contributed by atoms with Gasteiger partial charge in [0.2, 0.25) is 0 Å². The van der Waals surface area contributed by atoms with Gasteiger partial charge in [-0.05, 0) is 41.7 Å². The monoisotopic (exact) mass is 285 g/mol. The zero-order valence-electron chi connectivity index (χ0n) is 12.7. The lowest BCUT2D eigenvalue weighted by Gasteiger charge is -2.19. The molecule has 0 unspecified atom stereocenters. The van der Waals surface area contributed by atoms with E-state index in [4.69, 9.17) is 4.74 Å². The molecule has 0 heterocycles. The number of rotatable bonds is 3. The van der Waals surface area contributed by atoms with Crippen molar-refractivity contribution in [2.45, 2.75) is 33.1 Å². The summed E-state index contributed by atoms with van der Waals surface area (Å²) >= 11 is 0. The van der Waals surface area contributed by atoms with Gasteiger partial charge in [0.1, 0.15) is 11.5 Å². The van der Waals surface area contributed by atoms with Crippen LogP contribution < -0.4 is 4.74 Å². The van der Waals surface area contributed by atoms with E-state index in [2.05, 4.69) is 20.8 Å². The number of hydrogen-bond acceptors (Lipinski definition) is 3. The Morgan fingerprint density at radius 3 is 2.14 bits per heavy atom. The van der Waals surface area contributed by atoms with E-state index in [-0.39, 0.29) is 11.1 Å². The average molecular weight is 285 g/mol. The first-order valence-electron chi connectivity index (χ1n) is 6.81. The molecule has 0 saturated heterocycles. The molecule has 2 aromatic rings. The maximum Gasteiger partial charge on any atom is 0.269 e. The predicted molar refractivity (Wildman–Crippen MR) is 83.0 cm³/mol. The molecule has 2 aromatic carbocycles. The molecule has 0 aliphatic heterocycles. The van der Waals surface area contributed by atoms with E-state index in [9.17, 15) is 10.1 Å². The van der Waals surface area contributed by atoms with Gasteiger partial charge in [-0.15, -0.1) is 0 Å². The van der Waals surface area contributed by atoms with E-state index in [1.165, 1.54) is 17.7 Å². The Bertz CT molecular complexity index is 655. The average Bonchev–Trinajstić information content (AvgIpc) is 2.40. The van der Waals surface area contributed by atoms with Crippen LogP contribution in [0.5, 0.6) is 11.5 Å². The minimum Gasteiger partial charge on any atom is -0.457 e. The topological polar surface area (TPSA) is 52.4 Å². The van der Waals surface area contributed by atoms with E-state index < -0.39 is 4.92 Å². The van der Waals surface area contributed by atoms with Crippen molar-refractivity contribution >= 4 is 5.69 Å². The number of benzene rings is 2. The second kappa shape index (κ2) is 5.56. The first kappa shape index (κ1) is 15.0. The number of nitro benzene ring substituents is 1. The van der Waals surface area contributed by atoms with Gasteiger partial charge in [-0.25, -0.2) is 0 Å². The fourth-order valence-corrected chi connectivity index (χ4v) is 2.01. The number of aryl methyl sites for hydroxylation is 1. The summed E-state index contributed by atoms with van der Waals surface area (Å²) in [5.74, 6) is 1.35. The highest BCUT2D eigenvalue weighted by Gasteiger charge is 2.14. The van der Waals surface area contributed by atoms with Gasteiger partial charge in [0.25, 0.3) is 5.69 Å². The van der Waals surface area contributed by atoms with Crippen molar-refractivity contribution in [1.29, 1.82) is 0 Å². The summed E-state index contributed by atoms with van der Waals surface area (Å²) < 4.78 is 5.79. The van der Waals surface area contributed by atoms with Crippen LogP contribution in [0.2, 0.25) is 0 Å². The zero-order valence-corrected chi connectivity index (χ0v) is 12.7. The molecule has 4 heteroatoms. The third kappa shape index (κ3) is 3.60. The first-order chi connectivity index (χ1) is 9.77. The van der Waals surface area contributed by atoms with Gasteiger partial charge in [0.05, 0.1) is 4.92 Å². The van der Waals surface area contributed by atoms with Gasteiger partial charge < -0.3 is 4.74 Å². The van der Waals surface area contributed by atoms with Crippen LogP contribution in [0.4, 0.5) is 5.69 Å². The van der Waals surface area contributed by atoms with Crippen LogP contribution in [0.15, 0.2) is 42.5 Å². The maximum atomic E-state index is 10.7. The van der Waals surface area contributed by atoms with Crippen LogP contribution in [0.1, 0.15) is 31.9 Å². The Morgan fingerprint density at radius 1 is 1.05 bits per heavy atom. The van der Waals surface area contributed by atoms with Gasteiger partial charge in [-0.2, -0.15) is 0 Å². The van der Waals surface area contributed by atoms with Crippen LogP contribution >= 0.6 is 0 Å². The highest BCUT2D eigenvalue weighted by atomic mass is 16.6. The molecule has 0 N–H and O–H groups in total. The number of ether oxygens (including phenoxy) is 1. The molecule has 0 spiro atoms. The molecule has 0 aromatic heterocycles. The van der Waals surface area contributed by atoms with Crippen LogP contribution in [0.25, 0.3) is 0 Å². The highest BCUT2D eigenvalue weighted by Crippen LogP contribution is 2.30. The molecule has 21 heavy (non-hydrogen) atoms. The summed E-state index contributed by atoms with van der Waals surface area (Å²) in [6, 6.07) is 12.5. The molecule has 0 bridgehead atoms. The second-order valence-electron chi connectivity index (χ2n) is 6.08. The first-order valence-corrected chi connectivity index (χ1v) is 6.81. The van der Waals surface area contributed by atoms with Crippen LogP contribution in [-0.4, -0.2) is 4.92 Å². The molecular formula is C17H19NO3. The Morgan fingerprint density at radius 2 is 1.67 bits per heavy atom. The third-order valence-corrected chi connectivity index (χ3v) is 3.32. The lowest BCUT2D eigenvalue weighted by molar-refractivity contribution is -0.384. The number of hydrogen-bond donors (Lipinski definition) is 0. The summed E-state index contributed by atoms with van der Waals surface area (Å²) in [4.78, 5) is 10.3. The zero-order chi connectivity index (χ0) is 15.6. The Balaban J connectivity index is 2.20. The summed E-state index contributed by atoms with van der Waals surface area (Å²) in [7, 11) is 0. The smallest absolute Gasteiger partial charge is 0.269 e. The van der Waals surface area contributed by atoms with Gasteiger partial charge in [-0.3, -0.25) is 10.1 Å². The van der Waals surface area contributed by atoms with Crippen molar-refractivity contribution in [3.63, 3.8) is 0 Å². The van der Waals surface area contributed by atoms with Crippen molar-refractivity contribution in [3.8, 4) is 11.5 Å². The van der Waals surface area contributed by atoms with Gasteiger partial charge >= 0.3 is 0 Å². The standard InChI is InChI=1S/C17H19NO3/c1-12-11-14(18(19)20)7-10-16(12)21-15-8-5-13(6-9-15)17(2,3)4/h5-11H,1-4H3. The number of nitro groups is 1. The number of nitrogens with zero attached hydrogens (tertiary/aromatic N) is 1. The van der Waals surface area contributed by atoms with Gasteiger partial charge in [0, 0.05) is 12.1 Å². The summed E-state index contributed by atoms with van der Waals surface area (Å²) in [5.41, 5.74) is 2.14. The fraction of sp³-hybridized carbons (Fsp3) is 0.294. The molecule has 0 atom stereocenters. The Labute approximate surface area is 124 Å². The largest absolute Gasteiger partial charge is 0.457 e. The molecule has 110 valence electrons. The maximum absolute atomic E-state index is 10.7. The van der Waals surface area contributed by atoms with Crippen molar-refractivity contribution in [2.75, 3.05) is 0 Å². The van der Waals surface area contributed by atoms with Crippen molar-refractivity contribution in [1.82, 2.24) is 0 Å². The van der Waals surface area contributed by atoms with E-state index in [0.29, 0.717) is 5.75 Å². The fourth-order valence-electron chi connectivity index (χ4n) is 2.01. The molecule has 0 aliphatic rings. The van der Waals surface area contributed by atoms with Gasteiger partial charge in [0.15, 0.2) is 0 Å². The molecule has 0 fully saturated rings. The van der Waals surface area contributed by atoms with Crippen LogP contribution in [0.3, 0.4) is 0 Å². The Kier molecular flexibility index (Phi) is 3.98. The van der Waals surface area contributed by atoms with Crippen molar-refractivity contribution < 1.29 is 9.66 Å². The highest BCUT2D eigenvalue weighted by molar-refractivity contribution is 5.45. The molecule has 0 saturated carbocycles.